The molecule has 0 fully saturated rings. The number of H-pyrrole nitrogens is 1. The van der Waals surface area contributed by atoms with Gasteiger partial charge in [0.1, 0.15) is 11.5 Å². The molecule has 0 saturated carbocycles. The van der Waals surface area contributed by atoms with Crippen molar-refractivity contribution in [2.45, 2.75) is 25.6 Å². The van der Waals surface area contributed by atoms with Crippen molar-refractivity contribution in [2.24, 2.45) is 0 Å². The van der Waals surface area contributed by atoms with Crippen molar-refractivity contribution in [3.8, 4) is 28.6 Å². The van der Waals surface area contributed by atoms with E-state index in [0.29, 0.717) is 16.5 Å². The van der Waals surface area contributed by atoms with E-state index < -0.39 is 6.61 Å². The maximum Gasteiger partial charge on any atom is 0.387 e. The Morgan fingerprint density at radius 1 is 1.09 bits per heavy atom. The van der Waals surface area contributed by atoms with E-state index in [1.807, 2.05) is 48.7 Å². The molecule has 4 aromatic rings. The number of ketones is 1. The molecule has 2 aromatic heterocycles. The summed E-state index contributed by atoms with van der Waals surface area (Å²) in [5, 5.41) is 7.56. The SMILES string of the molecule is COc1ccc(-c2nc(SCC(=O)c3cc(C)n(-c4ccc(OC(F)F)cc4)c3C)n[nH]2)cc1. The Morgan fingerprint density at radius 3 is 2.41 bits per heavy atom. The monoisotopic (exact) mass is 484 g/mol. The first-order chi connectivity index (χ1) is 16.4. The number of Topliss-reactive ketones (excluding diaryl/α,β-unsaturated/α-hetero) is 1. The summed E-state index contributed by atoms with van der Waals surface area (Å²) in [5.41, 5.74) is 3.82. The third kappa shape index (κ3) is 5.12. The molecule has 34 heavy (non-hydrogen) atoms. The number of nitrogens with zero attached hydrogens (tertiary/aromatic N) is 3. The van der Waals surface area contributed by atoms with Crippen LogP contribution >= 0.6 is 11.8 Å². The van der Waals surface area contributed by atoms with E-state index in [1.165, 1.54) is 23.9 Å². The molecule has 0 aliphatic carbocycles. The van der Waals surface area contributed by atoms with Gasteiger partial charge in [-0.25, -0.2) is 4.98 Å². The van der Waals surface area contributed by atoms with Gasteiger partial charge in [0.15, 0.2) is 11.6 Å². The first-order valence-electron chi connectivity index (χ1n) is 10.3. The van der Waals surface area contributed by atoms with Crippen molar-refractivity contribution < 1.29 is 23.0 Å². The molecule has 1 N–H and O–H groups in total. The van der Waals surface area contributed by atoms with Crippen LogP contribution in [0, 0.1) is 13.8 Å². The molecule has 0 saturated heterocycles. The summed E-state index contributed by atoms with van der Waals surface area (Å²) < 4.78 is 36.3. The molecule has 10 heteroatoms. The second-order valence-corrected chi connectivity index (χ2v) is 8.34. The Hall–Kier alpha value is -3.66. The predicted molar refractivity (Wildman–Crippen MR) is 125 cm³/mol. The standard InChI is InChI=1S/C24H22F2N4O3S/c1-14-12-20(15(2)30(14)17-6-10-19(11-7-17)33-23(25)26)21(31)13-34-24-27-22(28-29-24)16-4-8-18(32-3)9-5-16/h4-12,23H,13H2,1-3H3,(H,27,28,29). The number of rotatable bonds is 9. The molecule has 0 aliphatic rings. The highest BCUT2D eigenvalue weighted by molar-refractivity contribution is 7.99. The molecular formula is C24H22F2N4O3S. The van der Waals surface area contributed by atoms with Crippen LogP contribution in [-0.2, 0) is 0 Å². The van der Waals surface area contributed by atoms with Crippen molar-refractivity contribution in [3.63, 3.8) is 0 Å². The molecule has 7 nitrogen and oxygen atoms in total. The minimum Gasteiger partial charge on any atom is -0.497 e. The number of nitrogens with one attached hydrogen (secondary N) is 1. The van der Waals surface area contributed by atoms with E-state index in [0.717, 1.165) is 28.4 Å². The highest BCUT2D eigenvalue weighted by Crippen LogP contribution is 2.26. The zero-order valence-electron chi connectivity index (χ0n) is 18.7. The maximum absolute atomic E-state index is 12.9. The number of aryl methyl sites for hydroxylation is 1. The molecule has 4 rings (SSSR count). The summed E-state index contributed by atoms with van der Waals surface area (Å²) in [5.74, 6) is 1.55. The highest BCUT2D eigenvalue weighted by atomic mass is 32.2. The van der Waals surface area contributed by atoms with Crippen LogP contribution in [0.2, 0.25) is 0 Å². The van der Waals surface area contributed by atoms with E-state index in [2.05, 4.69) is 19.9 Å². The van der Waals surface area contributed by atoms with Gasteiger partial charge in [-0.3, -0.25) is 9.89 Å². The van der Waals surface area contributed by atoms with Crippen LogP contribution in [0.1, 0.15) is 21.7 Å². The third-order valence-corrected chi connectivity index (χ3v) is 6.06. The zero-order chi connectivity index (χ0) is 24.2. The number of hydrogen-bond acceptors (Lipinski definition) is 6. The number of thioether (sulfide) groups is 1. The molecule has 0 spiro atoms. The van der Waals surface area contributed by atoms with Crippen LogP contribution in [0.4, 0.5) is 8.78 Å². The largest absolute Gasteiger partial charge is 0.497 e. The Balaban J connectivity index is 1.44. The summed E-state index contributed by atoms with van der Waals surface area (Å²) in [7, 11) is 1.61. The molecule has 0 radical (unpaired) electrons. The summed E-state index contributed by atoms with van der Waals surface area (Å²) >= 11 is 1.25. The normalized spacial score (nSPS) is 11.1. The predicted octanol–water partition coefficient (Wildman–Crippen LogP) is 5.46. The van der Waals surface area contributed by atoms with Gasteiger partial charge in [-0.1, -0.05) is 11.8 Å². The van der Waals surface area contributed by atoms with Crippen LogP contribution in [0.25, 0.3) is 17.1 Å². The Kier molecular flexibility index (Phi) is 6.97. The first-order valence-corrected chi connectivity index (χ1v) is 11.3. The average Bonchev–Trinajstić information content (AvgIpc) is 3.42. The van der Waals surface area contributed by atoms with Crippen LogP contribution in [0.3, 0.4) is 0 Å². The lowest BCUT2D eigenvalue weighted by atomic mass is 10.2. The molecular weight excluding hydrogens is 462 g/mol. The summed E-state index contributed by atoms with van der Waals surface area (Å²) in [6.07, 6.45) is 0. The molecule has 0 amide bonds. The molecule has 2 aromatic carbocycles. The molecule has 176 valence electrons. The van der Waals surface area contributed by atoms with Crippen molar-refractivity contribution in [2.75, 3.05) is 12.9 Å². The molecule has 0 unspecified atom stereocenters. The van der Waals surface area contributed by atoms with E-state index in [9.17, 15) is 13.6 Å². The van der Waals surface area contributed by atoms with E-state index in [1.54, 1.807) is 19.2 Å². The van der Waals surface area contributed by atoms with Gasteiger partial charge < -0.3 is 14.0 Å². The van der Waals surface area contributed by atoms with E-state index in [-0.39, 0.29) is 17.3 Å². The number of carbonyl (C=O) groups is 1. The van der Waals surface area contributed by atoms with Crippen LogP contribution in [0.5, 0.6) is 11.5 Å². The number of carbonyl (C=O) groups excluding carboxylic acids is 1. The van der Waals surface area contributed by atoms with Crippen molar-refractivity contribution in [1.82, 2.24) is 19.7 Å². The number of aromatic amines is 1. The first kappa shape index (κ1) is 23.5. The van der Waals surface area contributed by atoms with Gasteiger partial charge in [0.2, 0.25) is 5.16 Å². The Labute approximate surface area is 199 Å². The molecule has 0 atom stereocenters. The second-order valence-electron chi connectivity index (χ2n) is 7.40. The third-order valence-electron chi connectivity index (χ3n) is 5.21. The Bertz CT molecular complexity index is 1280. The number of hydrogen-bond donors (Lipinski definition) is 1. The number of halogens is 2. The van der Waals surface area contributed by atoms with Crippen molar-refractivity contribution in [1.29, 1.82) is 0 Å². The van der Waals surface area contributed by atoms with E-state index in [4.69, 9.17) is 4.74 Å². The number of benzene rings is 2. The lowest BCUT2D eigenvalue weighted by molar-refractivity contribution is -0.0498. The van der Waals surface area contributed by atoms with Crippen molar-refractivity contribution >= 4 is 17.5 Å². The molecule has 0 aliphatic heterocycles. The molecule has 0 bridgehead atoms. The quantitative estimate of drug-likeness (QED) is 0.251. The summed E-state index contributed by atoms with van der Waals surface area (Å²) in [6.45, 7) is 0.860. The maximum atomic E-state index is 12.9. The van der Waals surface area contributed by atoms with Gasteiger partial charge >= 0.3 is 6.61 Å². The van der Waals surface area contributed by atoms with Gasteiger partial charge in [-0.2, -0.15) is 8.78 Å². The van der Waals surface area contributed by atoms with Crippen LogP contribution < -0.4 is 9.47 Å². The lowest BCUT2D eigenvalue weighted by Crippen LogP contribution is -2.06. The number of aromatic nitrogens is 4. The number of alkyl halides is 2. The fraction of sp³-hybridized carbons (Fsp3) is 0.208. The smallest absolute Gasteiger partial charge is 0.387 e. The fourth-order valence-corrected chi connectivity index (χ4v) is 4.30. The summed E-state index contributed by atoms with van der Waals surface area (Å²) in [4.78, 5) is 17.4. The minimum atomic E-state index is -2.88. The van der Waals surface area contributed by atoms with Gasteiger partial charge in [-0.05, 0) is 68.4 Å². The molecule has 2 heterocycles. The number of methoxy groups -OCH3 is 1. The zero-order valence-corrected chi connectivity index (χ0v) is 19.5. The van der Waals surface area contributed by atoms with E-state index >= 15 is 0 Å². The fourth-order valence-electron chi connectivity index (χ4n) is 3.62. The second kappa shape index (κ2) is 10.1. The summed E-state index contributed by atoms with van der Waals surface area (Å²) in [6, 6.07) is 15.5. The lowest BCUT2D eigenvalue weighted by Gasteiger charge is -2.11. The highest BCUT2D eigenvalue weighted by Gasteiger charge is 2.18. The Morgan fingerprint density at radius 2 is 1.76 bits per heavy atom. The number of ether oxygens (including phenoxy) is 2. The van der Waals surface area contributed by atoms with Gasteiger partial charge in [-0.15, -0.1) is 5.10 Å². The topological polar surface area (TPSA) is 82.0 Å². The van der Waals surface area contributed by atoms with Crippen LogP contribution in [-0.4, -0.2) is 45.0 Å². The van der Waals surface area contributed by atoms with Crippen molar-refractivity contribution in [3.05, 3.63) is 71.5 Å². The van der Waals surface area contributed by atoms with Gasteiger partial charge in [0, 0.05) is 28.2 Å². The minimum absolute atomic E-state index is 0.0576. The average molecular weight is 485 g/mol. The van der Waals surface area contributed by atoms with Gasteiger partial charge in [0.25, 0.3) is 0 Å². The van der Waals surface area contributed by atoms with Gasteiger partial charge in [0.05, 0.1) is 12.9 Å². The van der Waals surface area contributed by atoms with Crippen LogP contribution in [0.15, 0.2) is 59.8 Å².